The number of amides is 2. The summed E-state index contributed by atoms with van der Waals surface area (Å²) in [6.07, 6.45) is 4.84. The molecule has 4 heteroatoms. The number of nitrogens with zero attached hydrogens (tertiary/aromatic N) is 1. The minimum absolute atomic E-state index is 0.102. The first-order valence-corrected chi connectivity index (χ1v) is 8.54. The number of anilines is 2. The highest BCUT2D eigenvalue weighted by molar-refractivity contribution is 6.05. The van der Waals surface area contributed by atoms with E-state index in [9.17, 15) is 9.59 Å². The number of nitrogens with one attached hydrogen (secondary N) is 1. The lowest BCUT2D eigenvalue weighted by Gasteiger charge is -2.17. The maximum absolute atomic E-state index is 12.5. The van der Waals surface area contributed by atoms with Gasteiger partial charge in [-0.3, -0.25) is 9.59 Å². The van der Waals surface area contributed by atoms with Gasteiger partial charge in [0.15, 0.2) is 0 Å². The maximum atomic E-state index is 12.5. The van der Waals surface area contributed by atoms with E-state index in [0.29, 0.717) is 12.0 Å². The van der Waals surface area contributed by atoms with Crippen molar-refractivity contribution in [3.63, 3.8) is 0 Å². The van der Waals surface area contributed by atoms with Crippen molar-refractivity contribution >= 4 is 23.2 Å². The van der Waals surface area contributed by atoms with E-state index in [0.717, 1.165) is 37.2 Å². The van der Waals surface area contributed by atoms with Gasteiger partial charge in [-0.15, -0.1) is 0 Å². The summed E-state index contributed by atoms with van der Waals surface area (Å²) in [6, 6.07) is 13.5. The van der Waals surface area contributed by atoms with Crippen LogP contribution in [0.3, 0.4) is 0 Å². The van der Waals surface area contributed by atoms with Crippen LogP contribution in [-0.2, 0) is 17.6 Å². The highest BCUT2D eigenvalue weighted by Crippen LogP contribution is 2.26. The van der Waals surface area contributed by atoms with Crippen molar-refractivity contribution in [3.05, 3.63) is 59.2 Å². The summed E-state index contributed by atoms with van der Waals surface area (Å²) in [6.45, 7) is 0.751. The van der Waals surface area contributed by atoms with Crippen LogP contribution in [0, 0.1) is 0 Å². The summed E-state index contributed by atoms with van der Waals surface area (Å²) >= 11 is 0. The molecule has 1 saturated heterocycles. The number of rotatable bonds is 3. The SMILES string of the molecule is O=C(Nc1cccc(N2CCCC2=O)c1)c1ccc2c(c1)CCC2. The lowest BCUT2D eigenvalue weighted by molar-refractivity contribution is -0.117. The van der Waals surface area contributed by atoms with Gasteiger partial charge >= 0.3 is 0 Å². The van der Waals surface area contributed by atoms with E-state index in [1.807, 2.05) is 36.4 Å². The normalized spacial score (nSPS) is 16.3. The maximum Gasteiger partial charge on any atom is 0.255 e. The van der Waals surface area contributed by atoms with Crippen LogP contribution in [0.4, 0.5) is 11.4 Å². The highest BCUT2D eigenvalue weighted by Gasteiger charge is 2.22. The Labute approximate surface area is 141 Å². The van der Waals surface area contributed by atoms with Crippen LogP contribution >= 0.6 is 0 Å². The number of fused-ring (bicyclic) bond motifs is 1. The lowest BCUT2D eigenvalue weighted by Crippen LogP contribution is -2.23. The molecule has 4 rings (SSSR count). The van der Waals surface area contributed by atoms with Gasteiger partial charge in [0.25, 0.3) is 5.91 Å². The van der Waals surface area contributed by atoms with Crippen LogP contribution in [0.2, 0.25) is 0 Å². The molecule has 24 heavy (non-hydrogen) atoms. The summed E-state index contributed by atoms with van der Waals surface area (Å²) in [5, 5.41) is 2.95. The molecule has 4 nitrogen and oxygen atoms in total. The molecule has 122 valence electrons. The zero-order valence-corrected chi connectivity index (χ0v) is 13.5. The van der Waals surface area contributed by atoms with Crippen LogP contribution in [-0.4, -0.2) is 18.4 Å². The standard InChI is InChI=1S/C20H20N2O2/c23-19-8-3-11-22(19)18-7-2-6-17(13-18)21-20(24)16-10-9-14-4-1-5-15(14)12-16/h2,6-7,9-10,12-13H,1,3-5,8,11H2,(H,21,24). The number of benzene rings is 2. The molecule has 1 aliphatic carbocycles. The largest absolute Gasteiger partial charge is 0.322 e. The Hall–Kier alpha value is -2.62. The summed E-state index contributed by atoms with van der Waals surface area (Å²) in [5.74, 6) is 0.0479. The van der Waals surface area contributed by atoms with E-state index in [2.05, 4.69) is 11.4 Å². The molecule has 0 radical (unpaired) electrons. The van der Waals surface area contributed by atoms with E-state index >= 15 is 0 Å². The molecule has 1 heterocycles. The summed E-state index contributed by atoms with van der Waals surface area (Å²) in [7, 11) is 0. The molecule has 1 fully saturated rings. The Morgan fingerprint density at radius 3 is 2.67 bits per heavy atom. The minimum atomic E-state index is -0.102. The lowest BCUT2D eigenvalue weighted by atomic mass is 10.1. The fourth-order valence-electron chi connectivity index (χ4n) is 3.59. The molecule has 2 aromatic rings. The van der Waals surface area contributed by atoms with Gasteiger partial charge in [0.2, 0.25) is 5.91 Å². The van der Waals surface area contributed by atoms with Gasteiger partial charge in [-0.2, -0.15) is 0 Å². The van der Waals surface area contributed by atoms with Crippen molar-refractivity contribution in [2.75, 3.05) is 16.8 Å². The predicted molar refractivity (Wildman–Crippen MR) is 94.4 cm³/mol. The van der Waals surface area contributed by atoms with Crippen LogP contribution < -0.4 is 10.2 Å². The molecule has 2 amide bonds. The van der Waals surface area contributed by atoms with Gasteiger partial charge < -0.3 is 10.2 Å². The first-order chi connectivity index (χ1) is 11.7. The summed E-state index contributed by atoms with van der Waals surface area (Å²) in [5.41, 5.74) is 4.92. The Kier molecular flexibility index (Phi) is 3.81. The fraction of sp³-hybridized carbons (Fsp3) is 0.300. The molecule has 0 atom stereocenters. The average molecular weight is 320 g/mol. The number of hydrogen-bond acceptors (Lipinski definition) is 2. The molecule has 0 bridgehead atoms. The van der Waals surface area contributed by atoms with Gasteiger partial charge in [0.1, 0.15) is 0 Å². The molecular formula is C20H20N2O2. The smallest absolute Gasteiger partial charge is 0.255 e. The first-order valence-electron chi connectivity index (χ1n) is 8.54. The zero-order valence-electron chi connectivity index (χ0n) is 13.5. The number of aryl methyl sites for hydroxylation is 2. The second-order valence-corrected chi connectivity index (χ2v) is 6.49. The Balaban J connectivity index is 1.52. The van der Waals surface area contributed by atoms with Crippen LogP contribution in [0.25, 0.3) is 0 Å². The number of hydrogen-bond donors (Lipinski definition) is 1. The quantitative estimate of drug-likeness (QED) is 0.940. The molecule has 0 unspecified atom stereocenters. The first kappa shape index (κ1) is 14.9. The Bertz CT molecular complexity index is 813. The van der Waals surface area contributed by atoms with Crippen molar-refractivity contribution < 1.29 is 9.59 Å². The third kappa shape index (κ3) is 2.80. The topological polar surface area (TPSA) is 49.4 Å². The minimum Gasteiger partial charge on any atom is -0.322 e. The van der Waals surface area contributed by atoms with Crippen molar-refractivity contribution in [2.45, 2.75) is 32.1 Å². The molecule has 0 aromatic heterocycles. The second-order valence-electron chi connectivity index (χ2n) is 6.49. The zero-order chi connectivity index (χ0) is 16.5. The summed E-state index contributed by atoms with van der Waals surface area (Å²) in [4.78, 5) is 26.2. The van der Waals surface area contributed by atoms with Crippen molar-refractivity contribution in [2.24, 2.45) is 0 Å². The summed E-state index contributed by atoms with van der Waals surface area (Å²) < 4.78 is 0. The third-order valence-corrected chi connectivity index (χ3v) is 4.85. The number of carbonyl (C=O) groups excluding carboxylic acids is 2. The number of carbonyl (C=O) groups is 2. The van der Waals surface area contributed by atoms with Crippen molar-refractivity contribution in [1.29, 1.82) is 0 Å². The van der Waals surface area contributed by atoms with Crippen LogP contribution in [0.15, 0.2) is 42.5 Å². The molecule has 1 aliphatic heterocycles. The molecule has 1 N–H and O–H groups in total. The van der Waals surface area contributed by atoms with E-state index < -0.39 is 0 Å². The van der Waals surface area contributed by atoms with E-state index in [1.165, 1.54) is 17.5 Å². The van der Waals surface area contributed by atoms with Crippen LogP contribution in [0.1, 0.15) is 40.7 Å². The van der Waals surface area contributed by atoms with Gasteiger partial charge in [0, 0.05) is 29.9 Å². The van der Waals surface area contributed by atoms with Crippen molar-refractivity contribution in [1.82, 2.24) is 0 Å². The average Bonchev–Trinajstić information content (AvgIpc) is 3.22. The third-order valence-electron chi connectivity index (χ3n) is 4.85. The van der Waals surface area contributed by atoms with Crippen LogP contribution in [0.5, 0.6) is 0 Å². The Morgan fingerprint density at radius 1 is 0.958 bits per heavy atom. The predicted octanol–water partition coefficient (Wildman–Crippen LogP) is 3.55. The second kappa shape index (κ2) is 6.11. The molecule has 0 spiro atoms. The monoisotopic (exact) mass is 320 g/mol. The highest BCUT2D eigenvalue weighted by atomic mass is 16.2. The van der Waals surface area contributed by atoms with Gasteiger partial charge in [-0.05, 0) is 67.1 Å². The molecule has 2 aliphatic rings. The van der Waals surface area contributed by atoms with E-state index in [4.69, 9.17) is 0 Å². The van der Waals surface area contributed by atoms with Gasteiger partial charge in [-0.25, -0.2) is 0 Å². The fourth-order valence-corrected chi connectivity index (χ4v) is 3.59. The Morgan fingerprint density at radius 2 is 1.83 bits per heavy atom. The van der Waals surface area contributed by atoms with Gasteiger partial charge in [0.05, 0.1) is 0 Å². The van der Waals surface area contributed by atoms with Crippen molar-refractivity contribution in [3.8, 4) is 0 Å². The molecular weight excluding hydrogens is 300 g/mol. The molecule has 0 saturated carbocycles. The van der Waals surface area contributed by atoms with E-state index in [-0.39, 0.29) is 11.8 Å². The van der Waals surface area contributed by atoms with Gasteiger partial charge in [-0.1, -0.05) is 12.1 Å². The molecule has 2 aromatic carbocycles. The van der Waals surface area contributed by atoms with E-state index in [1.54, 1.807) is 4.90 Å².